The standard InChI is InChI=1S/C17H21BrN4O2.HI/c1-2-19-17(22-12-15-4-3-11-24-15)21-10-9-20-16(23)13-5-7-14(18)8-6-13;/h3-8,11H,2,9-10,12H2,1H3,(H,20,23)(H2,19,21,22);1H. The fourth-order valence-corrected chi connectivity index (χ4v) is 2.23. The minimum atomic E-state index is -0.0955. The van der Waals surface area contributed by atoms with Crippen molar-refractivity contribution in [1.29, 1.82) is 0 Å². The Hall–Kier alpha value is -1.55. The summed E-state index contributed by atoms with van der Waals surface area (Å²) in [4.78, 5) is 16.4. The Morgan fingerprint density at radius 3 is 2.48 bits per heavy atom. The summed E-state index contributed by atoms with van der Waals surface area (Å²) < 4.78 is 6.20. The van der Waals surface area contributed by atoms with Gasteiger partial charge in [-0.2, -0.15) is 0 Å². The second kappa shape index (κ2) is 11.9. The van der Waals surface area contributed by atoms with Crippen molar-refractivity contribution < 1.29 is 9.21 Å². The van der Waals surface area contributed by atoms with Gasteiger partial charge in [0.1, 0.15) is 12.3 Å². The molecular formula is C17H22BrIN4O2. The van der Waals surface area contributed by atoms with Crippen LogP contribution in [0.15, 0.2) is 56.5 Å². The van der Waals surface area contributed by atoms with Crippen molar-refractivity contribution in [3.63, 3.8) is 0 Å². The van der Waals surface area contributed by atoms with Crippen molar-refractivity contribution in [1.82, 2.24) is 16.0 Å². The fourth-order valence-electron chi connectivity index (χ4n) is 1.96. The van der Waals surface area contributed by atoms with E-state index in [0.29, 0.717) is 31.2 Å². The van der Waals surface area contributed by atoms with E-state index in [-0.39, 0.29) is 29.9 Å². The lowest BCUT2D eigenvalue weighted by atomic mass is 10.2. The molecule has 136 valence electrons. The van der Waals surface area contributed by atoms with E-state index in [1.54, 1.807) is 18.4 Å². The second-order valence-electron chi connectivity index (χ2n) is 4.96. The van der Waals surface area contributed by atoms with Crippen LogP contribution in [0.1, 0.15) is 23.0 Å². The molecule has 0 aliphatic carbocycles. The van der Waals surface area contributed by atoms with E-state index < -0.39 is 0 Å². The lowest BCUT2D eigenvalue weighted by molar-refractivity contribution is 0.0954. The number of benzene rings is 1. The Kier molecular flexibility index (Phi) is 10.2. The van der Waals surface area contributed by atoms with Crippen LogP contribution in [0, 0.1) is 0 Å². The van der Waals surface area contributed by atoms with E-state index in [1.807, 2.05) is 31.2 Å². The van der Waals surface area contributed by atoms with Crippen LogP contribution < -0.4 is 16.0 Å². The summed E-state index contributed by atoms with van der Waals surface area (Å²) in [6.45, 7) is 4.30. The van der Waals surface area contributed by atoms with E-state index in [1.165, 1.54) is 0 Å². The van der Waals surface area contributed by atoms with Crippen molar-refractivity contribution in [2.45, 2.75) is 13.5 Å². The maximum absolute atomic E-state index is 12.0. The Balaban J connectivity index is 0.00000312. The Morgan fingerprint density at radius 2 is 1.84 bits per heavy atom. The molecular weight excluding hydrogens is 499 g/mol. The van der Waals surface area contributed by atoms with E-state index >= 15 is 0 Å². The number of hydrogen-bond acceptors (Lipinski definition) is 3. The van der Waals surface area contributed by atoms with Crippen LogP contribution >= 0.6 is 39.9 Å². The van der Waals surface area contributed by atoms with Gasteiger partial charge in [-0.3, -0.25) is 4.79 Å². The molecule has 0 saturated heterocycles. The first-order chi connectivity index (χ1) is 11.7. The number of amides is 1. The van der Waals surface area contributed by atoms with E-state index in [4.69, 9.17) is 4.42 Å². The molecule has 1 amide bonds. The quantitative estimate of drug-likeness (QED) is 0.227. The maximum atomic E-state index is 12.0. The molecule has 1 aromatic carbocycles. The van der Waals surface area contributed by atoms with Crippen LogP contribution in [-0.4, -0.2) is 31.5 Å². The summed E-state index contributed by atoms with van der Waals surface area (Å²) in [5.41, 5.74) is 0.636. The predicted octanol–water partition coefficient (Wildman–Crippen LogP) is 3.15. The zero-order chi connectivity index (χ0) is 17.2. The molecule has 3 N–H and O–H groups in total. The molecule has 0 bridgehead atoms. The first-order valence-corrected chi connectivity index (χ1v) is 8.56. The molecule has 1 aromatic heterocycles. The van der Waals surface area contributed by atoms with Crippen molar-refractivity contribution in [3.05, 3.63) is 58.5 Å². The van der Waals surface area contributed by atoms with E-state index in [0.717, 1.165) is 16.8 Å². The van der Waals surface area contributed by atoms with Crippen LogP contribution in [0.25, 0.3) is 0 Å². The van der Waals surface area contributed by atoms with Crippen molar-refractivity contribution in [3.8, 4) is 0 Å². The largest absolute Gasteiger partial charge is 0.467 e. The highest BCUT2D eigenvalue weighted by molar-refractivity contribution is 14.0. The number of aliphatic imine (C=N–C) groups is 1. The zero-order valence-electron chi connectivity index (χ0n) is 13.9. The number of halogens is 2. The number of guanidine groups is 1. The first kappa shape index (κ1) is 21.5. The minimum Gasteiger partial charge on any atom is -0.467 e. The Labute approximate surface area is 173 Å². The monoisotopic (exact) mass is 520 g/mol. The highest BCUT2D eigenvalue weighted by Crippen LogP contribution is 2.10. The SMILES string of the molecule is CCNC(=NCc1ccco1)NCCNC(=O)c1ccc(Br)cc1.I. The molecule has 0 fully saturated rings. The molecule has 0 radical (unpaired) electrons. The molecule has 2 rings (SSSR count). The minimum absolute atomic E-state index is 0. The molecule has 0 atom stereocenters. The van der Waals surface area contributed by atoms with Gasteiger partial charge in [0.15, 0.2) is 5.96 Å². The number of nitrogens with one attached hydrogen (secondary N) is 3. The highest BCUT2D eigenvalue weighted by Gasteiger charge is 2.04. The third kappa shape index (κ3) is 7.91. The highest BCUT2D eigenvalue weighted by atomic mass is 127. The number of furan rings is 1. The third-order valence-corrected chi connectivity index (χ3v) is 3.66. The van der Waals surface area contributed by atoms with Crippen LogP contribution in [0.3, 0.4) is 0 Å². The molecule has 25 heavy (non-hydrogen) atoms. The van der Waals surface area contributed by atoms with Gasteiger partial charge in [0, 0.05) is 29.7 Å². The van der Waals surface area contributed by atoms with Gasteiger partial charge in [-0.15, -0.1) is 24.0 Å². The molecule has 1 heterocycles. The summed E-state index contributed by atoms with van der Waals surface area (Å²) in [6.07, 6.45) is 1.63. The molecule has 0 aliphatic rings. The maximum Gasteiger partial charge on any atom is 0.251 e. The molecule has 8 heteroatoms. The Bertz CT molecular complexity index is 660. The number of rotatable bonds is 7. The van der Waals surface area contributed by atoms with Gasteiger partial charge < -0.3 is 20.4 Å². The van der Waals surface area contributed by atoms with Crippen LogP contribution in [-0.2, 0) is 6.54 Å². The number of carbonyl (C=O) groups excluding carboxylic acids is 1. The predicted molar refractivity (Wildman–Crippen MR) is 113 cm³/mol. The third-order valence-electron chi connectivity index (χ3n) is 3.13. The lowest BCUT2D eigenvalue weighted by Crippen LogP contribution is -2.41. The topological polar surface area (TPSA) is 78.7 Å². The summed E-state index contributed by atoms with van der Waals surface area (Å²) >= 11 is 3.35. The first-order valence-electron chi connectivity index (χ1n) is 7.77. The van der Waals surface area contributed by atoms with Crippen molar-refractivity contribution in [2.75, 3.05) is 19.6 Å². The van der Waals surface area contributed by atoms with E-state index in [9.17, 15) is 4.79 Å². The number of carbonyl (C=O) groups is 1. The van der Waals surface area contributed by atoms with E-state index in [2.05, 4.69) is 36.9 Å². The molecule has 2 aromatic rings. The van der Waals surface area contributed by atoms with Gasteiger partial charge in [0.2, 0.25) is 0 Å². The average molecular weight is 521 g/mol. The molecule has 6 nitrogen and oxygen atoms in total. The normalized spacial score (nSPS) is 10.7. The molecule has 0 spiro atoms. The van der Waals surface area contributed by atoms with Gasteiger partial charge >= 0.3 is 0 Å². The van der Waals surface area contributed by atoms with Crippen LogP contribution in [0.2, 0.25) is 0 Å². The van der Waals surface area contributed by atoms with Crippen molar-refractivity contribution >= 4 is 51.8 Å². The van der Waals surface area contributed by atoms with Gasteiger partial charge in [-0.05, 0) is 43.3 Å². The van der Waals surface area contributed by atoms with Crippen molar-refractivity contribution in [2.24, 2.45) is 4.99 Å². The summed E-state index contributed by atoms with van der Waals surface area (Å²) in [5.74, 6) is 1.39. The number of hydrogen-bond donors (Lipinski definition) is 3. The molecule has 0 saturated carbocycles. The van der Waals surface area contributed by atoms with Gasteiger partial charge in [0.05, 0.1) is 6.26 Å². The zero-order valence-corrected chi connectivity index (χ0v) is 17.8. The summed E-state index contributed by atoms with van der Waals surface area (Å²) in [7, 11) is 0. The molecule has 0 unspecified atom stereocenters. The van der Waals surface area contributed by atoms with Crippen LogP contribution in [0.5, 0.6) is 0 Å². The van der Waals surface area contributed by atoms with Gasteiger partial charge in [0.25, 0.3) is 5.91 Å². The second-order valence-corrected chi connectivity index (χ2v) is 5.88. The number of nitrogens with zero attached hydrogens (tertiary/aromatic N) is 1. The van der Waals surface area contributed by atoms with Gasteiger partial charge in [-0.1, -0.05) is 15.9 Å². The average Bonchev–Trinajstić information content (AvgIpc) is 3.10. The smallest absolute Gasteiger partial charge is 0.251 e. The Morgan fingerprint density at radius 1 is 1.12 bits per heavy atom. The fraction of sp³-hybridized carbons (Fsp3) is 0.294. The molecule has 0 aliphatic heterocycles. The van der Waals surface area contributed by atoms with Crippen LogP contribution in [0.4, 0.5) is 0 Å². The summed E-state index contributed by atoms with van der Waals surface area (Å²) in [5, 5.41) is 9.19. The van der Waals surface area contributed by atoms with Gasteiger partial charge in [-0.25, -0.2) is 4.99 Å². The summed E-state index contributed by atoms with van der Waals surface area (Å²) in [6, 6.07) is 11.0. The lowest BCUT2D eigenvalue weighted by Gasteiger charge is -2.11.